The minimum Gasteiger partial charge on any atom is -0.448 e. The third-order valence-electron chi connectivity index (χ3n) is 3.87. The van der Waals surface area contributed by atoms with Gasteiger partial charge in [-0.3, -0.25) is 4.79 Å². The maximum atomic E-state index is 12.2. The molecule has 3 N–H and O–H groups in total. The van der Waals surface area contributed by atoms with Crippen LogP contribution in [0.2, 0.25) is 15.2 Å². The maximum absolute atomic E-state index is 12.2. The zero-order chi connectivity index (χ0) is 17.9. The van der Waals surface area contributed by atoms with Gasteiger partial charge in [-0.1, -0.05) is 54.1 Å². The zero-order valence-electron chi connectivity index (χ0n) is 13.1. The van der Waals surface area contributed by atoms with Crippen LogP contribution in [0.4, 0.5) is 5.69 Å². The van der Waals surface area contributed by atoms with Crippen LogP contribution in [0.1, 0.15) is 49.5 Å². The first-order valence-electron chi connectivity index (χ1n) is 7.62. The molecule has 9 heteroatoms. The Bertz CT molecular complexity index is 649. The molecule has 0 saturated heterocycles. The predicted octanol–water partition coefficient (Wildman–Crippen LogP) is 3.62. The smallest absolute Gasteiger partial charge is 0.359 e. The van der Waals surface area contributed by atoms with Crippen LogP contribution in [0.25, 0.3) is 0 Å². The number of hydrogen-bond acceptors (Lipinski definition) is 5. The van der Waals surface area contributed by atoms with Crippen LogP contribution in [0, 0.1) is 0 Å². The van der Waals surface area contributed by atoms with Gasteiger partial charge in [-0.2, -0.15) is 0 Å². The Morgan fingerprint density at radius 3 is 2.46 bits per heavy atom. The van der Waals surface area contributed by atoms with E-state index in [-0.39, 0.29) is 38.5 Å². The van der Waals surface area contributed by atoms with Gasteiger partial charge in [-0.25, -0.2) is 9.78 Å². The van der Waals surface area contributed by atoms with E-state index in [9.17, 15) is 9.59 Å². The van der Waals surface area contributed by atoms with E-state index in [2.05, 4.69) is 10.3 Å². The number of aromatic nitrogens is 1. The van der Waals surface area contributed by atoms with Crippen LogP contribution in [-0.4, -0.2) is 29.0 Å². The third kappa shape index (κ3) is 4.43. The second kappa shape index (κ2) is 8.23. The van der Waals surface area contributed by atoms with Crippen molar-refractivity contribution in [1.82, 2.24) is 10.3 Å². The van der Waals surface area contributed by atoms with E-state index in [0.29, 0.717) is 0 Å². The van der Waals surface area contributed by atoms with Crippen molar-refractivity contribution in [3.05, 3.63) is 20.9 Å². The Hall–Kier alpha value is -1.24. The van der Waals surface area contributed by atoms with E-state index in [1.54, 1.807) is 0 Å². The lowest BCUT2D eigenvalue weighted by atomic mass is 9.95. The van der Waals surface area contributed by atoms with Crippen LogP contribution in [0.15, 0.2) is 0 Å². The second-order valence-electron chi connectivity index (χ2n) is 5.68. The lowest BCUT2D eigenvalue weighted by Crippen LogP contribution is -2.42. The summed E-state index contributed by atoms with van der Waals surface area (Å²) in [4.78, 5) is 28.1. The van der Waals surface area contributed by atoms with E-state index in [0.717, 1.165) is 25.7 Å². The number of rotatable bonds is 4. The molecule has 1 saturated carbocycles. The number of ether oxygens (including phenoxy) is 1. The average molecular weight is 395 g/mol. The molecule has 1 aromatic heterocycles. The molecule has 1 unspecified atom stereocenters. The number of amides is 1. The highest BCUT2D eigenvalue weighted by Crippen LogP contribution is 2.34. The number of hydrogen-bond donors (Lipinski definition) is 2. The molecule has 0 aromatic carbocycles. The summed E-state index contributed by atoms with van der Waals surface area (Å²) in [5.41, 5.74) is 5.32. The van der Waals surface area contributed by atoms with Crippen LogP contribution in [-0.2, 0) is 9.53 Å². The fraction of sp³-hybridized carbons (Fsp3) is 0.533. The molecule has 132 valence electrons. The number of carbonyl (C=O) groups is 2. The molecular weight excluding hydrogens is 377 g/mol. The van der Waals surface area contributed by atoms with Crippen molar-refractivity contribution in [2.75, 3.05) is 5.73 Å². The number of nitrogens with zero attached hydrogens (tertiary/aromatic N) is 1. The SMILES string of the molecule is CC(OC(=O)c1nc(Cl)c(Cl)c(N)c1Cl)C(=O)NC1CCCCC1. The summed E-state index contributed by atoms with van der Waals surface area (Å²) < 4.78 is 5.12. The van der Waals surface area contributed by atoms with Crippen LogP contribution in [0.5, 0.6) is 0 Å². The van der Waals surface area contributed by atoms with E-state index in [1.165, 1.54) is 13.3 Å². The number of nitrogen functional groups attached to an aromatic ring is 1. The van der Waals surface area contributed by atoms with E-state index < -0.39 is 12.1 Å². The standard InChI is InChI=1S/C15H18Cl3N3O3/c1-7(14(22)20-8-5-3-2-4-6-8)24-15(23)12-9(16)11(19)10(17)13(18)21-12/h7-8H,2-6H2,1H3,(H2,19,21)(H,20,22). The van der Waals surface area contributed by atoms with Crippen molar-refractivity contribution in [1.29, 1.82) is 0 Å². The molecule has 1 atom stereocenters. The number of nitrogens with two attached hydrogens (primary N) is 1. The highest BCUT2D eigenvalue weighted by Gasteiger charge is 2.26. The molecule has 0 bridgehead atoms. The van der Waals surface area contributed by atoms with Gasteiger partial charge in [0.05, 0.1) is 10.7 Å². The molecule has 1 fully saturated rings. The first-order chi connectivity index (χ1) is 11.3. The Morgan fingerprint density at radius 1 is 1.21 bits per heavy atom. The molecule has 2 rings (SSSR count). The summed E-state index contributed by atoms with van der Waals surface area (Å²) in [5.74, 6) is -1.25. The van der Waals surface area contributed by atoms with E-state index >= 15 is 0 Å². The third-order valence-corrected chi connectivity index (χ3v) is 5.01. The normalized spacial score (nSPS) is 16.5. The van der Waals surface area contributed by atoms with Gasteiger partial charge >= 0.3 is 5.97 Å². The van der Waals surface area contributed by atoms with Crippen molar-refractivity contribution in [3.8, 4) is 0 Å². The van der Waals surface area contributed by atoms with Gasteiger partial charge in [-0.15, -0.1) is 0 Å². The van der Waals surface area contributed by atoms with Gasteiger partial charge in [0.15, 0.2) is 17.0 Å². The van der Waals surface area contributed by atoms with E-state index in [1.807, 2.05) is 0 Å². The van der Waals surface area contributed by atoms with Gasteiger partial charge in [0, 0.05) is 6.04 Å². The summed E-state index contributed by atoms with van der Waals surface area (Å²) >= 11 is 17.6. The summed E-state index contributed by atoms with van der Waals surface area (Å²) in [6, 6.07) is 0.120. The summed E-state index contributed by atoms with van der Waals surface area (Å²) in [6.07, 6.45) is 4.22. The van der Waals surface area contributed by atoms with Gasteiger partial charge in [0.1, 0.15) is 5.02 Å². The number of anilines is 1. The first-order valence-corrected chi connectivity index (χ1v) is 8.76. The quantitative estimate of drug-likeness (QED) is 0.601. The molecule has 1 heterocycles. The molecule has 1 aliphatic rings. The lowest BCUT2D eigenvalue weighted by Gasteiger charge is -2.24. The number of nitrogens with one attached hydrogen (secondary N) is 1. The average Bonchev–Trinajstić information content (AvgIpc) is 2.56. The minimum atomic E-state index is -0.993. The van der Waals surface area contributed by atoms with Gasteiger partial charge < -0.3 is 15.8 Å². The zero-order valence-corrected chi connectivity index (χ0v) is 15.3. The van der Waals surface area contributed by atoms with Crippen molar-refractivity contribution in [2.45, 2.75) is 51.2 Å². The van der Waals surface area contributed by atoms with Gasteiger partial charge in [0.2, 0.25) is 0 Å². The Morgan fingerprint density at radius 2 is 1.83 bits per heavy atom. The Labute approximate surface area is 155 Å². The molecule has 1 aliphatic carbocycles. The molecule has 1 amide bonds. The van der Waals surface area contributed by atoms with Crippen LogP contribution >= 0.6 is 34.8 Å². The second-order valence-corrected chi connectivity index (χ2v) is 6.80. The number of pyridine rings is 1. The Kier molecular flexibility index (Phi) is 6.54. The summed E-state index contributed by atoms with van der Waals surface area (Å²) in [5, 5.41) is 2.52. The van der Waals surface area contributed by atoms with E-state index in [4.69, 9.17) is 45.3 Å². The highest BCUT2D eigenvalue weighted by molar-refractivity contribution is 6.46. The van der Waals surface area contributed by atoms with Crippen LogP contribution < -0.4 is 11.1 Å². The molecule has 0 radical (unpaired) electrons. The fourth-order valence-corrected chi connectivity index (χ4v) is 3.09. The molecule has 0 aliphatic heterocycles. The molecule has 24 heavy (non-hydrogen) atoms. The summed E-state index contributed by atoms with van der Waals surface area (Å²) in [7, 11) is 0. The maximum Gasteiger partial charge on any atom is 0.359 e. The first kappa shape index (κ1) is 19.1. The van der Waals surface area contributed by atoms with Crippen LogP contribution in [0.3, 0.4) is 0 Å². The van der Waals surface area contributed by atoms with Gasteiger partial charge in [0.25, 0.3) is 5.91 Å². The molecule has 1 aromatic rings. The monoisotopic (exact) mass is 393 g/mol. The van der Waals surface area contributed by atoms with Crippen molar-refractivity contribution in [2.24, 2.45) is 0 Å². The molecule has 6 nitrogen and oxygen atoms in total. The number of carbonyl (C=O) groups excluding carboxylic acids is 2. The highest BCUT2D eigenvalue weighted by atomic mass is 35.5. The Balaban J connectivity index is 2.02. The van der Waals surface area contributed by atoms with Gasteiger partial charge in [-0.05, 0) is 19.8 Å². The number of halogens is 3. The van der Waals surface area contributed by atoms with Crippen molar-refractivity contribution >= 4 is 52.4 Å². The van der Waals surface area contributed by atoms with Crippen molar-refractivity contribution < 1.29 is 14.3 Å². The topological polar surface area (TPSA) is 94.3 Å². The number of esters is 1. The molecular formula is C15H18Cl3N3O3. The fourth-order valence-electron chi connectivity index (χ4n) is 2.50. The predicted molar refractivity (Wildman–Crippen MR) is 93.6 cm³/mol. The minimum absolute atomic E-state index is 0.0405. The summed E-state index contributed by atoms with van der Waals surface area (Å²) in [6.45, 7) is 1.48. The van der Waals surface area contributed by atoms with Crippen molar-refractivity contribution in [3.63, 3.8) is 0 Å². The largest absolute Gasteiger partial charge is 0.448 e. The molecule has 0 spiro atoms. The lowest BCUT2D eigenvalue weighted by molar-refractivity contribution is -0.130.